The van der Waals surface area contributed by atoms with Crippen molar-refractivity contribution < 1.29 is 9.90 Å². The van der Waals surface area contributed by atoms with Crippen LogP contribution in [0.1, 0.15) is 42.2 Å². The lowest BCUT2D eigenvalue weighted by Gasteiger charge is -2.19. The summed E-state index contributed by atoms with van der Waals surface area (Å²) in [5, 5.41) is 9.21. The molecule has 2 aliphatic rings. The molecule has 2 saturated carbocycles. The summed E-state index contributed by atoms with van der Waals surface area (Å²) in [6, 6.07) is 2.23. The number of carboxylic acid groups (broad SMARTS) is 1. The summed E-state index contributed by atoms with van der Waals surface area (Å²) in [5.74, 6) is 0.664. The van der Waals surface area contributed by atoms with E-state index in [1.54, 1.807) is 6.07 Å². The van der Waals surface area contributed by atoms with Gasteiger partial charge in [-0.2, -0.15) is 0 Å². The van der Waals surface area contributed by atoms with Gasteiger partial charge in [0.05, 0.1) is 0 Å². The first kappa shape index (κ1) is 10.6. The Labute approximate surface area is 108 Å². The van der Waals surface area contributed by atoms with Crippen molar-refractivity contribution in [2.75, 3.05) is 0 Å². The number of rotatable bonds is 4. The number of carbonyl (C=O) groups is 1. The monoisotopic (exact) mass is 331 g/mol. The summed E-state index contributed by atoms with van der Waals surface area (Å²) in [6.07, 6.45) is 7.10. The Bertz CT molecular complexity index is 420. The standard InChI is InChI=1S/C12H14INO2/c13-9-5-10(12(15)16)14(6-9)11(7-1-2-7)8-3-4-8/h5-8,11H,1-4H2,(H,15,16). The minimum absolute atomic E-state index is 0.453. The van der Waals surface area contributed by atoms with Gasteiger partial charge in [-0.1, -0.05) is 0 Å². The highest BCUT2D eigenvalue weighted by atomic mass is 127. The van der Waals surface area contributed by atoms with E-state index in [1.165, 1.54) is 25.7 Å². The number of halogens is 1. The molecule has 0 unspecified atom stereocenters. The van der Waals surface area contributed by atoms with Gasteiger partial charge in [-0.25, -0.2) is 4.79 Å². The Kier molecular flexibility index (Phi) is 2.49. The summed E-state index contributed by atoms with van der Waals surface area (Å²) in [6.45, 7) is 0. The van der Waals surface area contributed by atoms with Gasteiger partial charge in [0.25, 0.3) is 0 Å². The molecule has 0 spiro atoms. The zero-order chi connectivity index (χ0) is 11.3. The van der Waals surface area contributed by atoms with Crippen LogP contribution in [0.3, 0.4) is 0 Å². The molecule has 86 valence electrons. The fourth-order valence-corrected chi connectivity index (χ4v) is 3.17. The molecule has 0 saturated heterocycles. The number of hydrogen-bond donors (Lipinski definition) is 1. The molecule has 16 heavy (non-hydrogen) atoms. The first-order valence-corrected chi connectivity index (χ1v) is 6.85. The quantitative estimate of drug-likeness (QED) is 0.862. The average molecular weight is 331 g/mol. The first-order valence-electron chi connectivity index (χ1n) is 5.77. The fraction of sp³-hybridized carbons (Fsp3) is 0.583. The molecular weight excluding hydrogens is 317 g/mol. The average Bonchev–Trinajstić information content (AvgIpc) is 3.07. The van der Waals surface area contributed by atoms with Gasteiger partial charge in [-0.15, -0.1) is 0 Å². The predicted octanol–water partition coefficient (Wildman–Crippen LogP) is 3.15. The molecule has 1 heterocycles. The van der Waals surface area contributed by atoms with Crippen molar-refractivity contribution in [1.29, 1.82) is 0 Å². The largest absolute Gasteiger partial charge is 0.477 e. The molecule has 1 aromatic heterocycles. The minimum atomic E-state index is -0.797. The second-order valence-electron chi connectivity index (χ2n) is 4.92. The van der Waals surface area contributed by atoms with E-state index in [9.17, 15) is 9.90 Å². The van der Waals surface area contributed by atoms with Crippen molar-refractivity contribution in [2.24, 2.45) is 11.8 Å². The second-order valence-corrected chi connectivity index (χ2v) is 6.17. The summed E-state index contributed by atoms with van der Waals surface area (Å²) in [4.78, 5) is 11.2. The lowest BCUT2D eigenvalue weighted by molar-refractivity contribution is 0.0681. The lowest BCUT2D eigenvalue weighted by atomic mass is 10.1. The molecule has 1 N–H and O–H groups in total. The van der Waals surface area contributed by atoms with Crippen LogP contribution in [0, 0.1) is 15.4 Å². The van der Waals surface area contributed by atoms with E-state index < -0.39 is 5.97 Å². The van der Waals surface area contributed by atoms with Gasteiger partial charge in [0.1, 0.15) is 5.69 Å². The van der Waals surface area contributed by atoms with Crippen LogP contribution in [-0.2, 0) is 0 Å². The van der Waals surface area contributed by atoms with Crippen molar-refractivity contribution in [3.05, 3.63) is 21.5 Å². The molecule has 0 atom stereocenters. The highest BCUT2D eigenvalue weighted by Gasteiger charge is 2.43. The Morgan fingerprint density at radius 3 is 2.38 bits per heavy atom. The van der Waals surface area contributed by atoms with Crippen molar-refractivity contribution in [1.82, 2.24) is 4.57 Å². The SMILES string of the molecule is O=C(O)c1cc(I)cn1C(C1CC1)C1CC1. The molecule has 0 amide bonds. The second kappa shape index (κ2) is 3.75. The van der Waals surface area contributed by atoms with E-state index in [0.29, 0.717) is 11.7 Å². The maximum absolute atomic E-state index is 11.2. The van der Waals surface area contributed by atoms with Gasteiger partial charge in [-0.3, -0.25) is 0 Å². The first-order chi connectivity index (χ1) is 7.66. The topological polar surface area (TPSA) is 42.2 Å². The lowest BCUT2D eigenvalue weighted by Crippen LogP contribution is -2.17. The summed E-state index contributed by atoms with van der Waals surface area (Å²) < 4.78 is 3.06. The number of aromatic carboxylic acids is 1. The number of carboxylic acids is 1. The fourth-order valence-electron chi connectivity index (χ4n) is 2.58. The number of nitrogens with zero attached hydrogens (tertiary/aromatic N) is 1. The van der Waals surface area contributed by atoms with E-state index in [1.807, 2.05) is 10.8 Å². The number of hydrogen-bond acceptors (Lipinski definition) is 1. The molecule has 0 aromatic carbocycles. The molecule has 4 heteroatoms. The van der Waals surface area contributed by atoms with Crippen LogP contribution in [0.25, 0.3) is 0 Å². The van der Waals surface area contributed by atoms with Crippen molar-refractivity contribution in [2.45, 2.75) is 31.7 Å². The van der Waals surface area contributed by atoms with Gasteiger partial charge < -0.3 is 9.67 Å². The molecule has 2 fully saturated rings. The van der Waals surface area contributed by atoms with E-state index in [4.69, 9.17) is 0 Å². The van der Waals surface area contributed by atoms with Gasteiger partial charge in [0, 0.05) is 15.8 Å². The molecule has 0 radical (unpaired) electrons. The molecule has 3 rings (SSSR count). The van der Waals surface area contributed by atoms with Crippen LogP contribution in [0.2, 0.25) is 0 Å². The molecule has 3 nitrogen and oxygen atoms in total. The molecule has 2 aliphatic carbocycles. The molecule has 1 aromatic rings. The third-order valence-corrected chi connectivity index (χ3v) is 4.16. The maximum Gasteiger partial charge on any atom is 0.352 e. The van der Waals surface area contributed by atoms with Gasteiger partial charge in [-0.05, 0) is 66.2 Å². The van der Waals surface area contributed by atoms with Gasteiger partial charge in [0.2, 0.25) is 0 Å². The van der Waals surface area contributed by atoms with Crippen LogP contribution in [-0.4, -0.2) is 15.6 Å². The van der Waals surface area contributed by atoms with Crippen LogP contribution in [0.15, 0.2) is 12.3 Å². The van der Waals surface area contributed by atoms with E-state index in [-0.39, 0.29) is 0 Å². The highest BCUT2D eigenvalue weighted by Crippen LogP contribution is 2.52. The molecular formula is C12H14INO2. The van der Waals surface area contributed by atoms with Gasteiger partial charge >= 0.3 is 5.97 Å². The predicted molar refractivity (Wildman–Crippen MR) is 68.6 cm³/mol. The van der Waals surface area contributed by atoms with Gasteiger partial charge in [0.15, 0.2) is 0 Å². The number of aromatic nitrogens is 1. The summed E-state index contributed by atoms with van der Waals surface area (Å²) in [7, 11) is 0. The summed E-state index contributed by atoms with van der Waals surface area (Å²) >= 11 is 2.20. The Balaban J connectivity index is 1.98. The molecule has 0 aliphatic heterocycles. The normalized spacial score (nSPS) is 20.4. The van der Waals surface area contributed by atoms with Crippen LogP contribution in [0.4, 0.5) is 0 Å². The summed E-state index contributed by atoms with van der Waals surface area (Å²) in [5.41, 5.74) is 0.466. The smallest absolute Gasteiger partial charge is 0.352 e. The third kappa shape index (κ3) is 1.87. The van der Waals surface area contributed by atoms with E-state index in [2.05, 4.69) is 22.6 Å². The Hall–Kier alpha value is -0.520. The van der Waals surface area contributed by atoms with Crippen molar-refractivity contribution in [3.8, 4) is 0 Å². The Morgan fingerprint density at radius 2 is 1.94 bits per heavy atom. The van der Waals surface area contributed by atoms with Crippen LogP contribution < -0.4 is 0 Å². The Morgan fingerprint density at radius 1 is 1.38 bits per heavy atom. The maximum atomic E-state index is 11.2. The van der Waals surface area contributed by atoms with E-state index in [0.717, 1.165) is 15.4 Å². The highest BCUT2D eigenvalue weighted by molar-refractivity contribution is 14.1. The zero-order valence-electron chi connectivity index (χ0n) is 8.90. The van der Waals surface area contributed by atoms with E-state index >= 15 is 0 Å². The van der Waals surface area contributed by atoms with Crippen LogP contribution >= 0.6 is 22.6 Å². The zero-order valence-corrected chi connectivity index (χ0v) is 11.1. The van der Waals surface area contributed by atoms with Crippen LogP contribution in [0.5, 0.6) is 0 Å². The third-order valence-electron chi connectivity index (χ3n) is 3.57. The van der Waals surface area contributed by atoms with Crippen molar-refractivity contribution in [3.63, 3.8) is 0 Å². The minimum Gasteiger partial charge on any atom is -0.477 e. The molecule has 0 bridgehead atoms. The van der Waals surface area contributed by atoms with Crippen molar-refractivity contribution >= 4 is 28.6 Å².